The van der Waals surface area contributed by atoms with Crippen molar-refractivity contribution >= 4 is 23.6 Å². The maximum absolute atomic E-state index is 14.5. The molecule has 0 fully saturated rings. The Balaban J connectivity index is 3.42. The van der Waals surface area contributed by atoms with Crippen molar-refractivity contribution in [1.29, 1.82) is 0 Å². The molecule has 0 spiro atoms. The van der Waals surface area contributed by atoms with Gasteiger partial charge >= 0.3 is 17.9 Å². The van der Waals surface area contributed by atoms with Crippen LogP contribution in [0.5, 0.6) is 0 Å². The molecule has 0 saturated heterocycles. The van der Waals surface area contributed by atoms with Crippen molar-refractivity contribution in [3.63, 3.8) is 0 Å². The zero-order chi connectivity index (χ0) is 19.6. The molecule has 0 aromatic heterocycles. The highest BCUT2D eigenvalue weighted by Crippen LogP contribution is 2.29. The number of hydrogen-bond donors (Lipinski definition) is 1. The van der Waals surface area contributed by atoms with Gasteiger partial charge in [0.15, 0.2) is 0 Å². The van der Waals surface area contributed by atoms with Gasteiger partial charge in [0.1, 0.15) is 16.9 Å². The van der Waals surface area contributed by atoms with Crippen LogP contribution in [0.4, 0.5) is 25.4 Å². The molecule has 0 heterocycles. The molecular weight excluding hydrogens is 335 g/mol. The molecule has 0 unspecified atom stereocenters. The van der Waals surface area contributed by atoms with Gasteiger partial charge < -0.3 is 9.47 Å². The molecule has 8 nitrogen and oxygen atoms in total. The van der Waals surface area contributed by atoms with Crippen LogP contribution in [0.25, 0.3) is 0 Å². The molecule has 1 aromatic rings. The van der Waals surface area contributed by atoms with E-state index in [2.05, 4.69) is 0 Å². The van der Waals surface area contributed by atoms with Crippen molar-refractivity contribution in [3.05, 3.63) is 28.9 Å². The summed E-state index contributed by atoms with van der Waals surface area (Å²) in [5, 5.41) is 8.95. The van der Waals surface area contributed by atoms with Gasteiger partial charge in [-0.25, -0.2) is 14.8 Å². The average Bonchev–Trinajstić information content (AvgIpc) is 2.36. The van der Waals surface area contributed by atoms with E-state index in [9.17, 15) is 18.9 Å². The van der Waals surface area contributed by atoms with E-state index in [0.717, 1.165) is 12.1 Å². The summed E-state index contributed by atoms with van der Waals surface area (Å²) < 4.78 is 24.7. The topological polar surface area (TPSA) is 96.2 Å². The molecule has 0 aliphatic rings. The van der Waals surface area contributed by atoms with E-state index in [0.29, 0.717) is 4.90 Å². The number of anilines is 1. The van der Waals surface area contributed by atoms with Crippen LogP contribution >= 0.6 is 0 Å². The number of rotatable bonds is 2. The van der Waals surface area contributed by atoms with Crippen molar-refractivity contribution in [2.24, 2.45) is 0 Å². The fourth-order valence-corrected chi connectivity index (χ4v) is 1.71. The summed E-state index contributed by atoms with van der Waals surface area (Å²) in [4.78, 5) is 35.4. The molecule has 0 aliphatic carbocycles. The first-order chi connectivity index (χ1) is 11.2. The molecule has 2 amide bonds. The van der Waals surface area contributed by atoms with Crippen molar-refractivity contribution < 1.29 is 33.6 Å². The number of benzene rings is 1. The van der Waals surface area contributed by atoms with E-state index in [1.807, 2.05) is 0 Å². The Morgan fingerprint density at radius 1 is 1.04 bits per heavy atom. The first kappa shape index (κ1) is 20.3. The summed E-state index contributed by atoms with van der Waals surface area (Å²) in [6.07, 6.45) is -2.37. The lowest BCUT2D eigenvalue weighted by molar-refractivity contribution is -0.730. The monoisotopic (exact) mass is 357 g/mol. The van der Waals surface area contributed by atoms with Crippen molar-refractivity contribution in [2.45, 2.75) is 52.7 Å². The van der Waals surface area contributed by atoms with Gasteiger partial charge in [0.05, 0.1) is 4.91 Å². The first-order valence-electron chi connectivity index (χ1n) is 7.43. The van der Waals surface area contributed by atoms with Crippen LogP contribution in [0.3, 0.4) is 0 Å². The normalized spacial score (nSPS) is 11.6. The third-order valence-corrected chi connectivity index (χ3v) is 2.56. The molecule has 9 heteroatoms. The number of carbonyl (C=O) groups is 2. The predicted octanol–water partition coefficient (Wildman–Crippen LogP) is 4.30. The second-order valence-electron chi connectivity index (χ2n) is 7.18. The zero-order valence-corrected chi connectivity index (χ0v) is 15.0. The lowest BCUT2D eigenvalue weighted by atomic mass is 10.2. The summed E-state index contributed by atoms with van der Waals surface area (Å²) in [7, 11) is 0. The van der Waals surface area contributed by atoms with Gasteiger partial charge in [-0.2, -0.15) is 9.29 Å². The molecule has 1 rings (SSSR count). The second kappa shape index (κ2) is 7.04. The average molecular weight is 357 g/mol. The van der Waals surface area contributed by atoms with Gasteiger partial charge in [0.25, 0.3) is 4.92 Å². The number of amides is 2. The molecule has 0 bridgehead atoms. The van der Waals surface area contributed by atoms with Gasteiger partial charge in [0, 0.05) is 6.07 Å². The lowest BCUT2D eigenvalue weighted by Crippen LogP contribution is -2.44. The molecule has 0 radical (unpaired) electrons. The number of imide groups is 1. The molecule has 0 atom stereocenters. The van der Waals surface area contributed by atoms with E-state index in [1.165, 1.54) is 6.07 Å². The van der Waals surface area contributed by atoms with Crippen LogP contribution < -0.4 is 4.90 Å². The highest BCUT2D eigenvalue weighted by atomic mass is 19.1. The number of carbonyl (C=O) groups excluding carboxylic acids is 2. The number of hydrogen-bond acceptors (Lipinski definition) is 5. The molecule has 25 heavy (non-hydrogen) atoms. The van der Waals surface area contributed by atoms with E-state index in [4.69, 9.17) is 14.7 Å². The summed E-state index contributed by atoms with van der Waals surface area (Å²) in [5.41, 5.74) is -3.29. The Bertz CT molecular complexity index is 663. The third kappa shape index (κ3) is 5.70. The standard InChI is InChI=1S/C16H22FN2O6/c1-15(2,3)24-13(20)18(14(21)25-16(4,5)6)10-8-7-9-11(12(10)17)19(22)23/h7-9H,1-6H3,(H,22,23)/q+1. The minimum Gasteiger partial charge on any atom is -0.443 e. The smallest absolute Gasteiger partial charge is 0.424 e. The largest absolute Gasteiger partial charge is 0.443 e. The number of nitrogens with zero attached hydrogens (tertiary/aromatic N) is 2. The molecule has 0 aliphatic heterocycles. The summed E-state index contributed by atoms with van der Waals surface area (Å²) >= 11 is 0. The fraction of sp³-hybridized carbons (Fsp3) is 0.500. The summed E-state index contributed by atoms with van der Waals surface area (Å²) in [5.74, 6) is -1.28. The predicted molar refractivity (Wildman–Crippen MR) is 86.4 cm³/mol. The lowest BCUT2D eigenvalue weighted by Gasteiger charge is -2.28. The van der Waals surface area contributed by atoms with Crippen LogP contribution in [-0.4, -0.2) is 33.5 Å². The molecule has 1 N–H and O–H groups in total. The minimum atomic E-state index is -1.28. The number of halogens is 1. The molecular formula is C16H22FN2O6+. The van der Waals surface area contributed by atoms with Crippen molar-refractivity contribution in [1.82, 2.24) is 0 Å². The fourth-order valence-electron chi connectivity index (χ4n) is 1.71. The van der Waals surface area contributed by atoms with Crippen molar-refractivity contribution in [3.8, 4) is 0 Å². The maximum Gasteiger partial charge on any atom is 0.424 e. The Morgan fingerprint density at radius 2 is 1.48 bits per heavy atom. The molecule has 138 valence electrons. The summed E-state index contributed by atoms with van der Waals surface area (Å²) in [6.45, 7) is 9.41. The van der Waals surface area contributed by atoms with Gasteiger partial charge in [-0.15, -0.1) is 0 Å². The molecule has 0 saturated carbocycles. The second-order valence-corrected chi connectivity index (χ2v) is 7.18. The number of ether oxygens (including phenoxy) is 2. The van der Waals surface area contributed by atoms with E-state index in [1.54, 1.807) is 41.5 Å². The Labute approximate surface area is 144 Å². The van der Waals surface area contributed by atoms with Crippen molar-refractivity contribution in [2.75, 3.05) is 4.90 Å². The Hall–Kier alpha value is -2.71. The van der Waals surface area contributed by atoms with Crippen LogP contribution in [0.15, 0.2) is 18.2 Å². The van der Waals surface area contributed by atoms with Crippen LogP contribution in [0.1, 0.15) is 41.5 Å². The van der Waals surface area contributed by atoms with Gasteiger partial charge in [-0.1, -0.05) is 6.07 Å². The van der Waals surface area contributed by atoms with Crippen LogP contribution in [0.2, 0.25) is 0 Å². The van der Waals surface area contributed by atoms with Crippen LogP contribution in [-0.2, 0) is 9.47 Å². The van der Waals surface area contributed by atoms with Gasteiger partial charge in [0.2, 0.25) is 5.82 Å². The molecule has 1 aromatic carbocycles. The highest BCUT2D eigenvalue weighted by Gasteiger charge is 2.36. The zero-order valence-electron chi connectivity index (χ0n) is 15.0. The van der Waals surface area contributed by atoms with Gasteiger partial charge in [-0.05, 0) is 47.6 Å². The Kier molecular flexibility index (Phi) is 5.72. The first-order valence-corrected chi connectivity index (χ1v) is 7.43. The maximum atomic E-state index is 14.5. The minimum absolute atomic E-state index is 0.332. The van der Waals surface area contributed by atoms with E-state index < -0.39 is 45.5 Å². The van der Waals surface area contributed by atoms with Crippen LogP contribution in [0, 0.1) is 10.7 Å². The van der Waals surface area contributed by atoms with E-state index in [-0.39, 0.29) is 0 Å². The third-order valence-electron chi connectivity index (χ3n) is 2.56. The quantitative estimate of drug-likeness (QED) is 0.793. The Morgan fingerprint density at radius 3 is 1.84 bits per heavy atom. The van der Waals surface area contributed by atoms with E-state index >= 15 is 0 Å². The SMILES string of the molecule is CC(C)(C)OC(=O)N(C(=O)OC(C)(C)C)c1cccc([N+](=O)O)c1F. The van der Waals surface area contributed by atoms with Gasteiger partial charge in [-0.3, -0.25) is 0 Å². The summed E-state index contributed by atoms with van der Waals surface area (Å²) in [6, 6.07) is 3.25. The highest BCUT2D eigenvalue weighted by molar-refractivity contribution is 6.09.